The Morgan fingerprint density at radius 3 is 2.52 bits per heavy atom. The molecule has 0 saturated carbocycles. The van der Waals surface area contributed by atoms with Crippen LogP contribution < -0.4 is 0 Å². The van der Waals surface area contributed by atoms with Crippen molar-refractivity contribution < 1.29 is 17.6 Å². The van der Waals surface area contributed by atoms with Crippen LogP contribution in [0.5, 0.6) is 0 Å². The predicted octanol–water partition coefficient (Wildman–Crippen LogP) is 3.42. The summed E-state index contributed by atoms with van der Waals surface area (Å²) >= 11 is 3.33. The molecule has 0 spiro atoms. The lowest BCUT2D eigenvalue weighted by Crippen LogP contribution is -2.40. The highest BCUT2D eigenvalue weighted by molar-refractivity contribution is 9.10. The number of hydrogen-bond donors (Lipinski definition) is 0. The molecule has 0 bridgehead atoms. The van der Waals surface area contributed by atoms with E-state index < -0.39 is 15.9 Å². The van der Waals surface area contributed by atoms with Crippen LogP contribution in [-0.4, -0.2) is 36.8 Å². The summed E-state index contributed by atoms with van der Waals surface area (Å²) in [5.41, 5.74) is 1.11. The minimum absolute atomic E-state index is 0.0510. The molecule has 1 amide bonds. The topological polar surface area (TPSA) is 54.5 Å². The lowest BCUT2D eigenvalue weighted by atomic mass is 10.1. The van der Waals surface area contributed by atoms with Crippen LogP contribution in [0.15, 0.2) is 53.0 Å². The normalized spacial score (nSPS) is 18.9. The fourth-order valence-electron chi connectivity index (χ4n) is 2.98. The van der Waals surface area contributed by atoms with Crippen LogP contribution in [0.2, 0.25) is 0 Å². The van der Waals surface area contributed by atoms with Gasteiger partial charge in [0.05, 0.1) is 11.5 Å². The molecule has 132 valence electrons. The smallest absolute Gasteiger partial charge is 0.254 e. The quantitative estimate of drug-likeness (QED) is 0.753. The van der Waals surface area contributed by atoms with Crippen LogP contribution in [-0.2, 0) is 16.4 Å². The molecule has 2 aromatic carbocycles. The maximum Gasteiger partial charge on any atom is 0.254 e. The molecule has 1 aliphatic heterocycles. The second-order valence-electron chi connectivity index (χ2n) is 6.13. The average Bonchev–Trinajstić information content (AvgIpc) is 2.92. The first-order valence-corrected chi connectivity index (χ1v) is 10.5. The van der Waals surface area contributed by atoms with Gasteiger partial charge in [0.2, 0.25) is 0 Å². The largest absolute Gasteiger partial charge is 0.330 e. The van der Waals surface area contributed by atoms with Crippen LogP contribution >= 0.6 is 15.9 Å². The van der Waals surface area contributed by atoms with Crippen molar-refractivity contribution in [3.8, 4) is 0 Å². The second kappa shape index (κ2) is 7.25. The molecule has 1 aliphatic rings. The Morgan fingerprint density at radius 2 is 1.92 bits per heavy atom. The highest BCUT2D eigenvalue weighted by atomic mass is 79.9. The van der Waals surface area contributed by atoms with E-state index in [1.807, 2.05) is 0 Å². The lowest BCUT2D eigenvalue weighted by Gasteiger charge is -2.28. The molecule has 1 fully saturated rings. The molecule has 3 rings (SSSR count). The summed E-state index contributed by atoms with van der Waals surface area (Å²) in [5.74, 6) is -0.610. The third kappa shape index (κ3) is 4.46. The number of rotatable bonds is 4. The zero-order valence-electron chi connectivity index (χ0n) is 13.4. The molecule has 0 N–H and O–H groups in total. The van der Waals surface area contributed by atoms with Crippen LogP contribution in [0, 0.1) is 5.82 Å². The van der Waals surface area contributed by atoms with Crippen molar-refractivity contribution in [2.75, 3.05) is 11.5 Å². The van der Waals surface area contributed by atoms with Gasteiger partial charge in [-0.2, -0.15) is 0 Å². The summed E-state index contributed by atoms with van der Waals surface area (Å²) in [4.78, 5) is 14.5. The van der Waals surface area contributed by atoms with Gasteiger partial charge < -0.3 is 4.90 Å². The van der Waals surface area contributed by atoms with E-state index in [9.17, 15) is 17.6 Å². The van der Waals surface area contributed by atoms with Crippen LogP contribution in [0.25, 0.3) is 0 Å². The zero-order valence-corrected chi connectivity index (χ0v) is 15.8. The van der Waals surface area contributed by atoms with Gasteiger partial charge in [0.25, 0.3) is 5.91 Å². The van der Waals surface area contributed by atoms with Crippen molar-refractivity contribution in [1.82, 2.24) is 4.90 Å². The predicted molar refractivity (Wildman–Crippen MR) is 97.5 cm³/mol. The highest BCUT2D eigenvalue weighted by Gasteiger charge is 2.35. The fourth-order valence-corrected chi connectivity index (χ4v) is 4.97. The Morgan fingerprint density at radius 1 is 1.20 bits per heavy atom. The first-order valence-electron chi connectivity index (χ1n) is 7.85. The van der Waals surface area contributed by atoms with E-state index in [2.05, 4.69) is 15.9 Å². The van der Waals surface area contributed by atoms with Crippen molar-refractivity contribution in [3.63, 3.8) is 0 Å². The molecule has 1 atom stereocenters. The van der Waals surface area contributed by atoms with Gasteiger partial charge in [0, 0.05) is 22.6 Å². The fraction of sp³-hybridized carbons (Fsp3) is 0.278. The number of amides is 1. The third-order valence-electron chi connectivity index (χ3n) is 4.24. The van der Waals surface area contributed by atoms with Gasteiger partial charge in [-0.15, -0.1) is 0 Å². The van der Waals surface area contributed by atoms with Gasteiger partial charge in [-0.25, -0.2) is 12.8 Å². The maximum atomic E-state index is 13.5. The van der Waals surface area contributed by atoms with E-state index in [0.717, 1.165) is 4.47 Å². The molecule has 0 aromatic heterocycles. The number of carbonyl (C=O) groups is 1. The number of nitrogens with zero attached hydrogens (tertiary/aromatic N) is 1. The molecule has 1 heterocycles. The van der Waals surface area contributed by atoms with Crippen molar-refractivity contribution in [1.29, 1.82) is 0 Å². The van der Waals surface area contributed by atoms with E-state index in [0.29, 0.717) is 17.5 Å². The third-order valence-corrected chi connectivity index (χ3v) is 6.52. The molecular weight excluding hydrogens is 409 g/mol. The van der Waals surface area contributed by atoms with Gasteiger partial charge in [0.1, 0.15) is 5.82 Å². The summed E-state index contributed by atoms with van der Waals surface area (Å²) in [7, 11) is -3.14. The van der Waals surface area contributed by atoms with E-state index in [-0.39, 0.29) is 29.8 Å². The number of hydrogen-bond acceptors (Lipinski definition) is 3. The molecule has 25 heavy (non-hydrogen) atoms. The summed E-state index contributed by atoms with van der Waals surface area (Å²) in [5, 5.41) is 0. The number of benzene rings is 2. The monoisotopic (exact) mass is 425 g/mol. The summed E-state index contributed by atoms with van der Waals surface area (Å²) in [6, 6.07) is 12.5. The Labute approximate surface area is 154 Å². The van der Waals surface area contributed by atoms with Crippen LogP contribution in [0.1, 0.15) is 22.3 Å². The maximum absolute atomic E-state index is 13.5. The number of halogens is 2. The first-order chi connectivity index (χ1) is 11.8. The SMILES string of the molecule is O=C(c1ccc(Br)cc1)N(Cc1cccc(F)c1)C1CCS(=O)(=O)C1. The van der Waals surface area contributed by atoms with Crippen molar-refractivity contribution in [2.24, 2.45) is 0 Å². The van der Waals surface area contributed by atoms with Gasteiger partial charge in [-0.1, -0.05) is 28.1 Å². The Kier molecular flexibility index (Phi) is 5.24. The van der Waals surface area contributed by atoms with Crippen LogP contribution in [0.3, 0.4) is 0 Å². The zero-order chi connectivity index (χ0) is 18.0. The van der Waals surface area contributed by atoms with Gasteiger partial charge >= 0.3 is 0 Å². The van der Waals surface area contributed by atoms with Gasteiger partial charge in [-0.05, 0) is 48.4 Å². The standard InChI is InChI=1S/C18H17BrFNO3S/c19-15-6-4-14(5-7-15)18(22)21(17-8-9-25(23,24)12-17)11-13-2-1-3-16(20)10-13/h1-7,10,17H,8-9,11-12H2. The molecular formula is C18H17BrFNO3S. The molecule has 7 heteroatoms. The van der Waals surface area contributed by atoms with Gasteiger partial charge in [0.15, 0.2) is 9.84 Å². The van der Waals surface area contributed by atoms with Crippen LogP contribution in [0.4, 0.5) is 4.39 Å². The van der Waals surface area contributed by atoms with Crippen molar-refractivity contribution in [3.05, 3.63) is 69.9 Å². The molecule has 0 aliphatic carbocycles. The first kappa shape index (κ1) is 18.1. The van der Waals surface area contributed by atoms with Gasteiger partial charge in [-0.3, -0.25) is 4.79 Å². The lowest BCUT2D eigenvalue weighted by molar-refractivity contribution is 0.0680. The molecule has 2 aromatic rings. The minimum Gasteiger partial charge on any atom is -0.330 e. The number of sulfone groups is 1. The van der Waals surface area contributed by atoms with Crippen molar-refractivity contribution in [2.45, 2.75) is 19.0 Å². The summed E-state index contributed by atoms with van der Waals surface area (Å²) in [6.45, 7) is 0.173. The van der Waals surface area contributed by atoms with Crippen molar-refractivity contribution >= 4 is 31.7 Å². The minimum atomic E-state index is -3.14. The molecule has 1 unspecified atom stereocenters. The molecule has 4 nitrogen and oxygen atoms in total. The van der Waals surface area contributed by atoms with E-state index >= 15 is 0 Å². The van der Waals surface area contributed by atoms with E-state index in [1.54, 1.807) is 41.3 Å². The van der Waals surface area contributed by atoms with E-state index in [4.69, 9.17) is 0 Å². The van der Waals surface area contributed by atoms with E-state index in [1.165, 1.54) is 12.1 Å². The molecule has 0 radical (unpaired) electrons. The Hall–Kier alpha value is -1.73. The Balaban J connectivity index is 1.91. The second-order valence-corrected chi connectivity index (χ2v) is 9.27. The summed E-state index contributed by atoms with van der Waals surface area (Å²) in [6.07, 6.45) is 0.403. The summed E-state index contributed by atoms with van der Waals surface area (Å²) < 4.78 is 38.0. The molecule has 1 saturated heterocycles. The average molecular weight is 426 g/mol. The number of carbonyl (C=O) groups excluding carboxylic acids is 1. The highest BCUT2D eigenvalue weighted by Crippen LogP contribution is 2.23. The Bertz CT molecular complexity index is 883.